The lowest BCUT2D eigenvalue weighted by atomic mass is 9.62. The third kappa shape index (κ3) is 5.24. The van der Waals surface area contributed by atoms with Crippen LogP contribution in [0.2, 0.25) is 0 Å². The van der Waals surface area contributed by atoms with Gasteiger partial charge in [0.2, 0.25) is 0 Å². The number of hydrogen-bond acceptors (Lipinski definition) is 3. The zero-order valence-corrected chi connectivity index (χ0v) is 18.1. The Bertz CT molecular complexity index is 451. The maximum Gasteiger partial charge on any atom is 0.312 e. The molecule has 2 fully saturated rings. The molecule has 0 radical (unpaired) electrons. The molecule has 0 N–H and O–H groups in total. The highest BCUT2D eigenvalue weighted by Gasteiger charge is 2.49. The van der Waals surface area contributed by atoms with Gasteiger partial charge in [-0.3, -0.25) is 4.79 Å². The van der Waals surface area contributed by atoms with Gasteiger partial charge in [-0.05, 0) is 42.9 Å². The number of ether oxygens (including phenoxy) is 2. The summed E-state index contributed by atoms with van der Waals surface area (Å²) >= 11 is 0. The van der Waals surface area contributed by atoms with Crippen molar-refractivity contribution >= 4 is 5.97 Å². The Labute approximate surface area is 161 Å². The normalized spacial score (nSPS) is 30.5. The van der Waals surface area contributed by atoms with Crippen molar-refractivity contribution in [3.63, 3.8) is 0 Å². The molecule has 1 aliphatic carbocycles. The molecule has 0 aromatic heterocycles. The zero-order valence-electron chi connectivity index (χ0n) is 18.1. The molecule has 0 spiro atoms. The fourth-order valence-electron chi connectivity index (χ4n) is 4.59. The SMILES string of the molecule is CC(C)C(C)(C(=O)OCC1COCCCCCCCC2CC12)C(C)(C)C. The smallest absolute Gasteiger partial charge is 0.312 e. The Morgan fingerprint density at radius 2 is 1.73 bits per heavy atom. The van der Waals surface area contributed by atoms with Gasteiger partial charge in [0, 0.05) is 12.5 Å². The van der Waals surface area contributed by atoms with Crippen molar-refractivity contribution in [1.29, 1.82) is 0 Å². The van der Waals surface area contributed by atoms with E-state index < -0.39 is 5.41 Å². The van der Waals surface area contributed by atoms with Crippen molar-refractivity contribution in [3.05, 3.63) is 0 Å². The predicted octanol–water partition coefficient (Wildman–Crippen LogP) is 5.86. The summed E-state index contributed by atoms with van der Waals surface area (Å²) in [6.07, 6.45) is 9.17. The molecule has 0 aromatic carbocycles. The van der Waals surface area contributed by atoms with Crippen LogP contribution in [0.15, 0.2) is 0 Å². The third-order valence-corrected chi connectivity index (χ3v) is 7.34. The van der Waals surface area contributed by atoms with E-state index in [4.69, 9.17) is 9.47 Å². The lowest BCUT2D eigenvalue weighted by molar-refractivity contribution is -0.168. The van der Waals surface area contributed by atoms with Crippen LogP contribution in [0, 0.1) is 34.5 Å². The summed E-state index contributed by atoms with van der Waals surface area (Å²) < 4.78 is 11.9. The first-order chi connectivity index (χ1) is 12.2. The van der Waals surface area contributed by atoms with E-state index in [1.807, 2.05) is 0 Å². The molecular weight excluding hydrogens is 324 g/mol. The van der Waals surface area contributed by atoms with Crippen molar-refractivity contribution in [1.82, 2.24) is 0 Å². The van der Waals surface area contributed by atoms with Gasteiger partial charge in [-0.2, -0.15) is 0 Å². The minimum Gasteiger partial charge on any atom is -0.465 e. The first-order valence-electron chi connectivity index (χ1n) is 10.9. The second-order valence-corrected chi connectivity index (χ2v) is 10.3. The van der Waals surface area contributed by atoms with E-state index in [1.165, 1.54) is 38.5 Å². The van der Waals surface area contributed by atoms with Gasteiger partial charge < -0.3 is 9.47 Å². The quantitative estimate of drug-likeness (QED) is 0.584. The van der Waals surface area contributed by atoms with E-state index in [0.29, 0.717) is 18.4 Å². The first-order valence-corrected chi connectivity index (χ1v) is 10.9. The number of carbonyl (C=O) groups is 1. The van der Waals surface area contributed by atoms with Gasteiger partial charge in [0.1, 0.15) is 0 Å². The highest BCUT2D eigenvalue weighted by molar-refractivity contribution is 5.77. The second kappa shape index (κ2) is 9.08. The Morgan fingerprint density at radius 3 is 2.38 bits per heavy atom. The molecule has 0 bridgehead atoms. The topological polar surface area (TPSA) is 35.5 Å². The maximum absolute atomic E-state index is 13.0. The predicted molar refractivity (Wildman–Crippen MR) is 107 cm³/mol. The highest BCUT2D eigenvalue weighted by Crippen LogP contribution is 2.49. The summed E-state index contributed by atoms with van der Waals surface area (Å²) in [6, 6.07) is 0. The molecule has 26 heavy (non-hydrogen) atoms. The standard InChI is InChI=1S/C23H42O3/c1-17(2)23(6,22(3,4)5)21(24)26-16-19-15-25-13-11-9-7-8-10-12-18-14-20(18)19/h17-20H,7-16H2,1-6H3. The van der Waals surface area contributed by atoms with Crippen LogP contribution >= 0.6 is 0 Å². The first kappa shape index (κ1) is 21.7. The minimum absolute atomic E-state index is 0.0386. The Hall–Kier alpha value is -0.570. The fourth-order valence-corrected chi connectivity index (χ4v) is 4.59. The van der Waals surface area contributed by atoms with Gasteiger partial charge in [-0.15, -0.1) is 0 Å². The van der Waals surface area contributed by atoms with E-state index in [0.717, 1.165) is 25.6 Å². The molecule has 4 atom stereocenters. The second-order valence-electron chi connectivity index (χ2n) is 10.3. The van der Waals surface area contributed by atoms with E-state index in [1.54, 1.807) is 0 Å². The van der Waals surface area contributed by atoms with Crippen LogP contribution in [0.3, 0.4) is 0 Å². The third-order valence-electron chi connectivity index (χ3n) is 7.34. The van der Waals surface area contributed by atoms with Crippen molar-refractivity contribution in [3.8, 4) is 0 Å². The molecule has 3 nitrogen and oxygen atoms in total. The summed E-state index contributed by atoms with van der Waals surface area (Å²) in [4.78, 5) is 13.0. The molecule has 152 valence electrons. The number of rotatable bonds is 4. The molecule has 1 aliphatic heterocycles. The number of fused-ring (bicyclic) bond motifs is 1. The van der Waals surface area contributed by atoms with Crippen molar-refractivity contribution < 1.29 is 14.3 Å². The molecule has 0 amide bonds. The van der Waals surface area contributed by atoms with Gasteiger partial charge in [-0.1, -0.05) is 66.7 Å². The molecule has 1 saturated heterocycles. The van der Waals surface area contributed by atoms with Crippen molar-refractivity contribution in [2.75, 3.05) is 19.8 Å². The van der Waals surface area contributed by atoms with E-state index in [-0.39, 0.29) is 17.3 Å². The lowest BCUT2D eigenvalue weighted by Crippen LogP contribution is -2.46. The monoisotopic (exact) mass is 366 g/mol. The van der Waals surface area contributed by atoms with E-state index >= 15 is 0 Å². The van der Waals surface area contributed by atoms with Gasteiger partial charge >= 0.3 is 5.97 Å². The zero-order chi connectivity index (χ0) is 19.4. The van der Waals surface area contributed by atoms with Crippen LogP contribution in [0.5, 0.6) is 0 Å². The molecule has 2 rings (SSSR count). The summed E-state index contributed by atoms with van der Waals surface area (Å²) in [5.41, 5.74) is -0.592. The van der Waals surface area contributed by atoms with Crippen molar-refractivity contribution in [2.24, 2.45) is 34.5 Å². The summed E-state index contributed by atoms with van der Waals surface area (Å²) in [5.74, 6) is 2.11. The van der Waals surface area contributed by atoms with Crippen LogP contribution in [-0.2, 0) is 14.3 Å². The average molecular weight is 367 g/mol. The van der Waals surface area contributed by atoms with E-state index in [9.17, 15) is 4.79 Å². The van der Waals surface area contributed by atoms with Crippen LogP contribution in [0.1, 0.15) is 86.5 Å². The molecular formula is C23H42O3. The van der Waals surface area contributed by atoms with Crippen LogP contribution in [0.25, 0.3) is 0 Å². The Morgan fingerprint density at radius 1 is 1.08 bits per heavy atom. The molecule has 2 aliphatic rings. The van der Waals surface area contributed by atoms with E-state index in [2.05, 4.69) is 41.5 Å². The fraction of sp³-hybridized carbons (Fsp3) is 0.957. The molecule has 1 saturated carbocycles. The summed E-state index contributed by atoms with van der Waals surface area (Å²) in [7, 11) is 0. The number of esters is 1. The minimum atomic E-state index is -0.470. The van der Waals surface area contributed by atoms with Gasteiger partial charge in [0.15, 0.2) is 0 Å². The molecule has 1 heterocycles. The van der Waals surface area contributed by atoms with Crippen molar-refractivity contribution in [2.45, 2.75) is 86.5 Å². The average Bonchev–Trinajstić information content (AvgIpc) is 3.31. The summed E-state index contributed by atoms with van der Waals surface area (Å²) in [5, 5.41) is 0. The summed E-state index contributed by atoms with van der Waals surface area (Å²) in [6.45, 7) is 14.9. The maximum atomic E-state index is 13.0. The van der Waals surface area contributed by atoms with Gasteiger partial charge in [-0.25, -0.2) is 0 Å². The van der Waals surface area contributed by atoms with Crippen LogP contribution < -0.4 is 0 Å². The molecule has 3 heteroatoms. The largest absolute Gasteiger partial charge is 0.465 e. The van der Waals surface area contributed by atoms with Crippen LogP contribution in [0.4, 0.5) is 0 Å². The lowest BCUT2D eigenvalue weighted by Gasteiger charge is -2.43. The molecule has 4 unspecified atom stereocenters. The number of carbonyl (C=O) groups excluding carboxylic acids is 1. The van der Waals surface area contributed by atoms with Gasteiger partial charge in [0.05, 0.1) is 18.6 Å². The Kier molecular flexibility index (Phi) is 7.59. The van der Waals surface area contributed by atoms with Gasteiger partial charge in [0.25, 0.3) is 0 Å². The Balaban J connectivity index is 1.95. The van der Waals surface area contributed by atoms with Crippen LogP contribution in [-0.4, -0.2) is 25.8 Å². The molecule has 0 aromatic rings. The highest BCUT2D eigenvalue weighted by atomic mass is 16.5. The number of hydrogen-bond donors (Lipinski definition) is 0.